The van der Waals surface area contributed by atoms with Crippen LogP contribution in [0.15, 0.2) is 60.8 Å². The number of nitrogens with two attached hydrogens (primary N) is 1. The zero-order chi connectivity index (χ0) is 19.0. The molecular formula is C22H23FN2O2. The summed E-state index contributed by atoms with van der Waals surface area (Å²) in [4.78, 5) is 15.1. The lowest BCUT2D eigenvalue weighted by molar-refractivity contribution is -0.144. The summed E-state index contributed by atoms with van der Waals surface area (Å²) >= 11 is 0. The van der Waals surface area contributed by atoms with Gasteiger partial charge in [0.05, 0.1) is 12.1 Å². The number of nitrogens with zero attached hydrogens (tertiary/aromatic N) is 1. The maximum Gasteiger partial charge on any atom is 0.252 e. The van der Waals surface area contributed by atoms with Gasteiger partial charge in [0.2, 0.25) is 0 Å². The van der Waals surface area contributed by atoms with Gasteiger partial charge in [-0.05, 0) is 48.1 Å². The van der Waals surface area contributed by atoms with Crippen LogP contribution in [0.25, 0.3) is 0 Å². The van der Waals surface area contributed by atoms with E-state index in [4.69, 9.17) is 10.5 Å². The van der Waals surface area contributed by atoms with Crippen LogP contribution in [-0.4, -0.2) is 29.6 Å². The Morgan fingerprint density at radius 3 is 2.52 bits per heavy atom. The molecule has 1 saturated heterocycles. The highest BCUT2D eigenvalue weighted by Crippen LogP contribution is 2.37. The number of ether oxygens (including phenoxy) is 1. The van der Waals surface area contributed by atoms with E-state index in [2.05, 4.69) is 12.6 Å². The van der Waals surface area contributed by atoms with E-state index < -0.39 is 6.10 Å². The van der Waals surface area contributed by atoms with Gasteiger partial charge >= 0.3 is 0 Å². The molecule has 5 heteroatoms. The second kappa shape index (κ2) is 7.16. The fourth-order valence-electron chi connectivity index (χ4n) is 4.09. The van der Waals surface area contributed by atoms with E-state index in [-0.39, 0.29) is 23.9 Å². The van der Waals surface area contributed by atoms with Crippen LogP contribution >= 0.6 is 0 Å². The van der Waals surface area contributed by atoms with Gasteiger partial charge in [0, 0.05) is 12.2 Å². The highest BCUT2D eigenvalue weighted by Gasteiger charge is 2.39. The number of hydrogen-bond donors (Lipinski definition) is 1. The van der Waals surface area contributed by atoms with E-state index in [0.29, 0.717) is 25.1 Å². The van der Waals surface area contributed by atoms with Crippen LogP contribution in [0.4, 0.5) is 4.39 Å². The lowest BCUT2D eigenvalue weighted by Gasteiger charge is -2.39. The van der Waals surface area contributed by atoms with Crippen molar-refractivity contribution < 1.29 is 13.9 Å². The highest BCUT2D eigenvalue weighted by molar-refractivity contribution is 5.82. The van der Waals surface area contributed by atoms with Crippen LogP contribution in [0.1, 0.15) is 35.6 Å². The molecule has 2 aliphatic heterocycles. The first-order valence-electron chi connectivity index (χ1n) is 9.28. The molecule has 2 aliphatic rings. The molecule has 140 valence electrons. The number of benzene rings is 2. The Bertz CT molecular complexity index is 865. The quantitative estimate of drug-likeness (QED) is 0.907. The molecule has 0 aromatic heterocycles. The third-order valence-electron chi connectivity index (χ3n) is 5.46. The van der Waals surface area contributed by atoms with Crippen molar-refractivity contribution in [2.24, 2.45) is 5.73 Å². The zero-order valence-corrected chi connectivity index (χ0v) is 15.1. The summed E-state index contributed by atoms with van der Waals surface area (Å²) in [5.41, 5.74) is 9.42. The van der Waals surface area contributed by atoms with Gasteiger partial charge in [-0.3, -0.25) is 4.79 Å². The fraction of sp³-hybridized carbons (Fsp3) is 0.318. The van der Waals surface area contributed by atoms with Gasteiger partial charge in [0.25, 0.3) is 5.91 Å². The third-order valence-corrected chi connectivity index (χ3v) is 5.46. The van der Waals surface area contributed by atoms with E-state index in [9.17, 15) is 9.18 Å². The predicted octanol–water partition coefficient (Wildman–Crippen LogP) is 3.32. The number of rotatable bonds is 3. The van der Waals surface area contributed by atoms with Crippen LogP contribution < -0.4 is 5.73 Å². The van der Waals surface area contributed by atoms with Crippen molar-refractivity contribution in [3.63, 3.8) is 0 Å². The number of carbonyl (C=O) groups is 1. The summed E-state index contributed by atoms with van der Waals surface area (Å²) in [6, 6.07) is 14.3. The molecule has 2 heterocycles. The summed E-state index contributed by atoms with van der Waals surface area (Å²) in [7, 11) is 0. The zero-order valence-electron chi connectivity index (χ0n) is 15.1. The van der Waals surface area contributed by atoms with E-state index in [0.717, 1.165) is 17.5 Å². The van der Waals surface area contributed by atoms with Crippen LogP contribution in [0, 0.1) is 5.82 Å². The van der Waals surface area contributed by atoms with Gasteiger partial charge in [-0.2, -0.15) is 0 Å². The summed E-state index contributed by atoms with van der Waals surface area (Å²) < 4.78 is 19.3. The number of fused-ring (bicyclic) bond motifs is 1. The van der Waals surface area contributed by atoms with Crippen molar-refractivity contribution in [1.82, 2.24) is 4.90 Å². The minimum Gasteiger partial charge on any atom is -0.400 e. The molecule has 2 aromatic rings. The Hall–Kier alpha value is -2.66. The molecule has 1 amide bonds. The summed E-state index contributed by atoms with van der Waals surface area (Å²) in [6.45, 7) is 4.34. The first-order chi connectivity index (χ1) is 13.0. The van der Waals surface area contributed by atoms with Crippen LogP contribution in [0.3, 0.4) is 0 Å². The molecule has 0 radical (unpaired) electrons. The second-order valence-electron chi connectivity index (χ2n) is 7.20. The fourth-order valence-corrected chi connectivity index (χ4v) is 4.09. The predicted molar refractivity (Wildman–Crippen MR) is 101 cm³/mol. The Morgan fingerprint density at radius 2 is 1.81 bits per heavy atom. The molecule has 4 nitrogen and oxygen atoms in total. The van der Waals surface area contributed by atoms with Gasteiger partial charge in [-0.15, -0.1) is 0 Å². The van der Waals surface area contributed by atoms with Gasteiger partial charge < -0.3 is 15.4 Å². The molecule has 4 rings (SSSR count). The number of halogens is 1. The first kappa shape index (κ1) is 17.7. The van der Waals surface area contributed by atoms with Crippen molar-refractivity contribution in [3.05, 3.63) is 83.3 Å². The Balaban J connectivity index is 1.68. The summed E-state index contributed by atoms with van der Waals surface area (Å²) in [5, 5.41) is 0. The minimum absolute atomic E-state index is 0.0393. The number of carbonyl (C=O) groups excluding carboxylic acids is 1. The van der Waals surface area contributed by atoms with E-state index in [1.807, 2.05) is 23.1 Å². The van der Waals surface area contributed by atoms with Crippen molar-refractivity contribution in [1.29, 1.82) is 0 Å². The minimum atomic E-state index is -0.511. The third kappa shape index (κ3) is 3.35. The molecule has 0 aliphatic carbocycles. The van der Waals surface area contributed by atoms with Crippen molar-refractivity contribution >= 4 is 5.91 Å². The summed E-state index contributed by atoms with van der Waals surface area (Å²) in [5.74, 6) is -0.327. The number of amides is 1. The highest BCUT2D eigenvalue weighted by atomic mass is 19.1. The van der Waals surface area contributed by atoms with Crippen LogP contribution in [0.5, 0.6) is 0 Å². The van der Waals surface area contributed by atoms with Gasteiger partial charge in [0.1, 0.15) is 11.9 Å². The maximum absolute atomic E-state index is 13.4. The molecule has 1 fully saturated rings. The molecule has 3 atom stereocenters. The molecule has 0 bridgehead atoms. The lowest BCUT2D eigenvalue weighted by Crippen LogP contribution is -2.45. The van der Waals surface area contributed by atoms with Crippen molar-refractivity contribution in [3.8, 4) is 0 Å². The molecule has 2 aromatic carbocycles. The molecule has 0 spiro atoms. The second-order valence-corrected chi connectivity index (χ2v) is 7.20. The van der Waals surface area contributed by atoms with Gasteiger partial charge in [-0.25, -0.2) is 4.39 Å². The van der Waals surface area contributed by atoms with Crippen LogP contribution in [-0.2, 0) is 16.0 Å². The smallest absolute Gasteiger partial charge is 0.252 e. The van der Waals surface area contributed by atoms with Crippen molar-refractivity contribution in [2.75, 3.05) is 6.54 Å². The first-order valence-corrected chi connectivity index (χ1v) is 9.28. The van der Waals surface area contributed by atoms with Crippen LogP contribution in [0.2, 0.25) is 0 Å². The standard InChI is InChI=1S/C22H23FN2O2/c1-14(24)19-10-11-20(27-19)22(26)25-13-12-15-4-2-3-5-18(15)21(25)16-6-8-17(23)9-7-16/h2-9,19-21H,1,10-13,24H2/t19-,20-,21+/m1/s1. The molecule has 0 unspecified atom stereocenters. The Labute approximate surface area is 158 Å². The normalized spacial score (nSPS) is 24.5. The lowest BCUT2D eigenvalue weighted by atomic mass is 9.87. The van der Waals surface area contributed by atoms with Gasteiger partial charge in [0.15, 0.2) is 0 Å². The summed E-state index contributed by atoms with van der Waals surface area (Å²) in [6.07, 6.45) is 1.36. The monoisotopic (exact) mass is 366 g/mol. The number of hydrogen-bond acceptors (Lipinski definition) is 3. The molecule has 2 N–H and O–H groups in total. The Morgan fingerprint density at radius 1 is 1.11 bits per heavy atom. The average Bonchev–Trinajstić information content (AvgIpc) is 3.18. The van der Waals surface area contributed by atoms with E-state index in [1.165, 1.54) is 17.7 Å². The maximum atomic E-state index is 13.4. The van der Waals surface area contributed by atoms with E-state index in [1.54, 1.807) is 12.1 Å². The topological polar surface area (TPSA) is 55.6 Å². The molecular weight excluding hydrogens is 343 g/mol. The molecule has 27 heavy (non-hydrogen) atoms. The van der Waals surface area contributed by atoms with E-state index >= 15 is 0 Å². The SMILES string of the molecule is C=C(N)[C@H]1CC[C@H](C(=O)N2CCc3ccccc3[C@@H]2c2ccc(F)cc2)O1. The average molecular weight is 366 g/mol. The van der Waals surface area contributed by atoms with Gasteiger partial charge in [-0.1, -0.05) is 43.0 Å². The van der Waals surface area contributed by atoms with Crippen molar-refractivity contribution in [2.45, 2.75) is 37.5 Å². The molecule has 0 saturated carbocycles. The Kier molecular flexibility index (Phi) is 4.70. The largest absolute Gasteiger partial charge is 0.400 e.